The van der Waals surface area contributed by atoms with E-state index in [9.17, 15) is 23.9 Å². The maximum Gasteiger partial charge on any atom is 0.349 e. The van der Waals surface area contributed by atoms with Gasteiger partial charge in [0, 0.05) is 36.8 Å². The van der Waals surface area contributed by atoms with Gasteiger partial charge in [0.05, 0.1) is 5.69 Å². The smallest absolute Gasteiger partial charge is 0.349 e. The first-order valence-electron chi connectivity index (χ1n) is 10.9. The SMILES string of the molecule is Cc1cc(F)cc(COc2ccc3cc(C(=O)NCCn4ccc(=O)c(O)c4C)c(=O)oc3c2)c1. The zero-order valence-electron chi connectivity index (χ0n) is 19.1. The molecule has 2 N–H and O–H groups in total. The number of aromatic nitrogens is 1. The standard InChI is InChI=1S/C26H23FN2O6/c1-15-9-17(11-19(27)10-15)14-34-20-4-3-18-12-21(26(33)35-23(18)13-20)25(32)28-6-8-29-7-5-22(30)24(31)16(29)2/h3-5,7,9-13,31H,6,8,14H2,1-2H3,(H,28,32). The van der Waals surface area contributed by atoms with Crippen LogP contribution in [0, 0.1) is 19.7 Å². The summed E-state index contributed by atoms with van der Waals surface area (Å²) in [4.78, 5) is 36.4. The van der Waals surface area contributed by atoms with Gasteiger partial charge in [0.2, 0.25) is 5.43 Å². The molecule has 0 saturated carbocycles. The molecule has 0 unspecified atom stereocenters. The molecule has 0 bridgehead atoms. The second kappa shape index (κ2) is 9.84. The first kappa shape index (κ1) is 23.7. The monoisotopic (exact) mass is 478 g/mol. The van der Waals surface area contributed by atoms with Gasteiger partial charge in [-0.3, -0.25) is 9.59 Å². The summed E-state index contributed by atoms with van der Waals surface area (Å²) in [6.45, 7) is 3.97. The number of rotatable bonds is 7. The normalized spacial score (nSPS) is 10.9. The summed E-state index contributed by atoms with van der Waals surface area (Å²) in [6.07, 6.45) is 1.52. The topological polar surface area (TPSA) is 111 Å². The number of benzene rings is 2. The van der Waals surface area contributed by atoms with Crippen molar-refractivity contribution in [1.29, 1.82) is 0 Å². The first-order chi connectivity index (χ1) is 16.7. The number of aryl methyl sites for hydroxylation is 1. The number of aromatic hydroxyl groups is 1. The minimum Gasteiger partial charge on any atom is -0.503 e. The lowest BCUT2D eigenvalue weighted by molar-refractivity contribution is 0.0948. The molecule has 1 amide bonds. The van der Waals surface area contributed by atoms with Crippen LogP contribution in [0.4, 0.5) is 4.39 Å². The molecule has 4 rings (SSSR count). The average Bonchev–Trinajstić information content (AvgIpc) is 2.81. The molecule has 2 aromatic carbocycles. The molecule has 35 heavy (non-hydrogen) atoms. The minimum atomic E-state index is -0.801. The molecule has 0 aliphatic heterocycles. The Balaban J connectivity index is 1.44. The zero-order valence-corrected chi connectivity index (χ0v) is 19.1. The summed E-state index contributed by atoms with van der Waals surface area (Å²) in [5.74, 6) is -0.862. The fourth-order valence-corrected chi connectivity index (χ4v) is 3.69. The van der Waals surface area contributed by atoms with Crippen molar-refractivity contribution >= 4 is 16.9 Å². The highest BCUT2D eigenvalue weighted by Gasteiger charge is 2.14. The number of hydrogen-bond donors (Lipinski definition) is 2. The third kappa shape index (κ3) is 5.40. The van der Waals surface area contributed by atoms with Crippen LogP contribution in [0.3, 0.4) is 0 Å². The van der Waals surface area contributed by atoms with Gasteiger partial charge in [0.1, 0.15) is 29.3 Å². The van der Waals surface area contributed by atoms with Crippen LogP contribution in [0.1, 0.15) is 27.2 Å². The van der Waals surface area contributed by atoms with E-state index in [0.29, 0.717) is 22.4 Å². The number of fused-ring (bicyclic) bond motifs is 1. The van der Waals surface area contributed by atoms with Crippen molar-refractivity contribution in [2.75, 3.05) is 6.54 Å². The average molecular weight is 478 g/mol. The number of carbonyl (C=O) groups excluding carboxylic acids is 1. The third-order valence-corrected chi connectivity index (χ3v) is 5.51. The van der Waals surface area contributed by atoms with Gasteiger partial charge in [0.15, 0.2) is 5.75 Å². The van der Waals surface area contributed by atoms with Crippen LogP contribution in [0.2, 0.25) is 0 Å². The van der Waals surface area contributed by atoms with Crippen molar-refractivity contribution in [2.45, 2.75) is 27.0 Å². The van der Waals surface area contributed by atoms with Gasteiger partial charge in [-0.15, -0.1) is 0 Å². The van der Waals surface area contributed by atoms with E-state index in [0.717, 1.165) is 5.56 Å². The van der Waals surface area contributed by atoms with Crippen LogP contribution in [0.5, 0.6) is 11.5 Å². The fraction of sp³-hybridized carbons (Fsp3) is 0.192. The second-order valence-corrected chi connectivity index (χ2v) is 8.14. The molecule has 0 aliphatic rings. The van der Waals surface area contributed by atoms with Crippen molar-refractivity contribution in [3.05, 3.63) is 104 Å². The molecular formula is C26H23FN2O6. The van der Waals surface area contributed by atoms with E-state index < -0.39 is 17.0 Å². The lowest BCUT2D eigenvalue weighted by Gasteiger charge is -2.12. The summed E-state index contributed by atoms with van der Waals surface area (Å²) in [5.41, 5.74) is 0.649. The first-order valence-corrected chi connectivity index (χ1v) is 10.9. The molecule has 0 saturated heterocycles. The van der Waals surface area contributed by atoms with Crippen LogP contribution < -0.4 is 21.1 Å². The van der Waals surface area contributed by atoms with E-state index in [1.165, 1.54) is 36.5 Å². The van der Waals surface area contributed by atoms with Crippen molar-refractivity contribution in [1.82, 2.24) is 9.88 Å². The number of ether oxygens (including phenoxy) is 1. The quantitative estimate of drug-likeness (QED) is 0.394. The number of nitrogens with one attached hydrogen (secondary N) is 1. The van der Waals surface area contributed by atoms with Crippen molar-refractivity contribution < 1.29 is 23.4 Å². The molecular weight excluding hydrogens is 455 g/mol. The van der Waals surface area contributed by atoms with Crippen LogP contribution >= 0.6 is 0 Å². The Morgan fingerprint density at radius 3 is 2.69 bits per heavy atom. The Morgan fingerprint density at radius 1 is 1.11 bits per heavy atom. The highest BCUT2D eigenvalue weighted by molar-refractivity contribution is 5.96. The van der Waals surface area contributed by atoms with Crippen LogP contribution in [0.15, 0.2) is 68.7 Å². The number of hydrogen-bond acceptors (Lipinski definition) is 6. The van der Waals surface area contributed by atoms with Crippen molar-refractivity contribution in [3.63, 3.8) is 0 Å². The third-order valence-electron chi connectivity index (χ3n) is 5.51. The maximum atomic E-state index is 13.6. The minimum absolute atomic E-state index is 0.141. The summed E-state index contributed by atoms with van der Waals surface area (Å²) in [6, 6.07) is 12.2. The van der Waals surface area contributed by atoms with Crippen LogP contribution in [0.25, 0.3) is 11.0 Å². The second-order valence-electron chi connectivity index (χ2n) is 8.14. The largest absolute Gasteiger partial charge is 0.503 e. The molecule has 2 aromatic heterocycles. The van der Waals surface area contributed by atoms with E-state index in [1.807, 2.05) is 6.07 Å². The molecule has 0 atom stereocenters. The van der Waals surface area contributed by atoms with E-state index in [-0.39, 0.29) is 42.4 Å². The number of halogens is 1. The van der Waals surface area contributed by atoms with Gasteiger partial charge in [-0.25, -0.2) is 9.18 Å². The lowest BCUT2D eigenvalue weighted by Crippen LogP contribution is -2.31. The number of carbonyl (C=O) groups is 1. The zero-order chi connectivity index (χ0) is 25.1. The molecule has 9 heteroatoms. The predicted molar refractivity (Wildman–Crippen MR) is 127 cm³/mol. The lowest BCUT2D eigenvalue weighted by atomic mass is 10.1. The van der Waals surface area contributed by atoms with Crippen molar-refractivity contribution in [3.8, 4) is 11.5 Å². The van der Waals surface area contributed by atoms with E-state index in [1.54, 1.807) is 30.5 Å². The fourth-order valence-electron chi connectivity index (χ4n) is 3.69. The summed E-state index contributed by atoms with van der Waals surface area (Å²) < 4.78 is 26.2. The van der Waals surface area contributed by atoms with Gasteiger partial charge in [-0.1, -0.05) is 6.07 Å². The van der Waals surface area contributed by atoms with E-state index in [2.05, 4.69) is 5.32 Å². The molecule has 0 fully saturated rings. The Labute approximate surface area is 199 Å². The van der Waals surface area contributed by atoms with Gasteiger partial charge in [-0.2, -0.15) is 0 Å². The van der Waals surface area contributed by atoms with Gasteiger partial charge >= 0.3 is 5.63 Å². The Morgan fingerprint density at radius 2 is 1.91 bits per heavy atom. The molecule has 180 valence electrons. The number of amides is 1. The molecule has 0 spiro atoms. The Bertz CT molecular complexity index is 1520. The molecule has 4 aromatic rings. The molecule has 2 heterocycles. The van der Waals surface area contributed by atoms with Gasteiger partial charge in [0.25, 0.3) is 5.91 Å². The van der Waals surface area contributed by atoms with Crippen molar-refractivity contribution in [2.24, 2.45) is 0 Å². The summed E-state index contributed by atoms with van der Waals surface area (Å²) >= 11 is 0. The van der Waals surface area contributed by atoms with Crippen LogP contribution in [-0.2, 0) is 13.2 Å². The Hall–Kier alpha value is -4.40. The molecule has 8 nitrogen and oxygen atoms in total. The summed E-state index contributed by atoms with van der Waals surface area (Å²) in [7, 11) is 0. The van der Waals surface area contributed by atoms with E-state index in [4.69, 9.17) is 9.15 Å². The van der Waals surface area contributed by atoms with Gasteiger partial charge < -0.3 is 24.1 Å². The predicted octanol–water partition coefficient (Wildman–Crippen LogP) is 3.43. The Kier molecular flexibility index (Phi) is 6.68. The van der Waals surface area contributed by atoms with Crippen LogP contribution in [-0.4, -0.2) is 22.1 Å². The van der Waals surface area contributed by atoms with Gasteiger partial charge in [-0.05, 0) is 55.3 Å². The highest BCUT2D eigenvalue weighted by atomic mass is 19.1. The molecule has 0 radical (unpaired) electrons. The maximum absolute atomic E-state index is 13.6. The highest BCUT2D eigenvalue weighted by Crippen LogP contribution is 2.22. The van der Waals surface area contributed by atoms with E-state index >= 15 is 0 Å². The number of pyridine rings is 1. The molecule has 0 aliphatic carbocycles. The number of nitrogens with zero attached hydrogens (tertiary/aromatic N) is 1. The summed E-state index contributed by atoms with van der Waals surface area (Å²) in [5, 5.41) is 12.9.